The van der Waals surface area contributed by atoms with E-state index in [-0.39, 0.29) is 25.4 Å². The lowest BCUT2D eigenvalue weighted by molar-refractivity contribution is -0.137. The van der Waals surface area contributed by atoms with Crippen LogP contribution in [0.1, 0.15) is 49.7 Å². The molecule has 0 saturated heterocycles. The van der Waals surface area contributed by atoms with E-state index < -0.39 is 24.0 Å². The fourth-order valence-corrected chi connectivity index (χ4v) is 4.04. The summed E-state index contributed by atoms with van der Waals surface area (Å²) in [5.74, 6) is -1.56. The number of nitrogens with one attached hydrogen (secondary N) is 2. The number of carboxylic acid groups (broad SMARTS) is 1. The fraction of sp³-hybridized carbons (Fsp3) is 0.346. The highest BCUT2D eigenvalue weighted by Gasteiger charge is 2.29. The molecule has 0 radical (unpaired) electrons. The number of fused-ring (bicyclic) bond motifs is 3. The van der Waals surface area contributed by atoms with E-state index in [1.54, 1.807) is 0 Å². The zero-order valence-corrected chi connectivity index (χ0v) is 18.8. The number of ether oxygens (including phenoxy) is 1. The minimum absolute atomic E-state index is 0.0220. The second-order valence-electron chi connectivity index (χ2n) is 8.31. The Kier molecular flexibility index (Phi) is 8.24. The highest BCUT2D eigenvalue weighted by molar-refractivity contribution is 5.86. The molecule has 2 amide bonds. The van der Waals surface area contributed by atoms with Gasteiger partial charge in [0.2, 0.25) is 5.91 Å². The third-order valence-electron chi connectivity index (χ3n) is 5.68. The Morgan fingerprint density at radius 2 is 1.64 bits per heavy atom. The Hall–Kier alpha value is -3.61. The van der Waals surface area contributed by atoms with Gasteiger partial charge in [-0.2, -0.15) is 0 Å². The molecule has 0 aromatic heterocycles. The standard InChI is InChI=1S/C26H30N2O5/c1-17(2)8-7-15-27-25(31)23(13-14-24(29)30)28-26(32)33-16-22-20-11-5-3-9-18(20)19-10-4-6-12-21(19)22/h3-6,9-12,22-23H,1,7-8,13-16H2,2H3,(H,27,31)(H,28,32)(H,29,30). The summed E-state index contributed by atoms with van der Waals surface area (Å²) in [6.07, 6.45) is 0.487. The summed E-state index contributed by atoms with van der Waals surface area (Å²) < 4.78 is 5.50. The van der Waals surface area contributed by atoms with Gasteiger partial charge in [-0.25, -0.2) is 4.79 Å². The third kappa shape index (κ3) is 6.44. The normalized spacial score (nSPS) is 12.9. The Labute approximate surface area is 193 Å². The quantitative estimate of drug-likeness (QED) is 0.351. The lowest BCUT2D eigenvalue weighted by atomic mass is 9.98. The van der Waals surface area contributed by atoms with E-state index in [1.165, 1.54) is 0 Å². The molecule has 3 rings (SSSR count). The molecule has 0 bridgehead atoms. The maximum absolute atomic E-state index is 12.5. The molecule has 0 fully saturated rings. The Bertz CT molecular complexity index is 987. The van der Waals surface area contributed by atoms with Crippen LogP contribution in [0, 0.1) is 0 Å². The average molecular weight is 451 g/mol. The van der Waals surface area contributed by atoms with Crippen LogP contribution < -0.4 is 10.6 Å². The van der Waals surface area contributed by atoms with Crippen molar-refractivity contribution in [1.29, 1.82) is 0 Å². The summed E-state index contributed by atoms with van der Waals surface area (Å²) in [7, 11) is 0. The summed E-state index contributed by atoms with van der Waals surface area (Å²) in [5.41, 5.74) is 5.43. The smallest absolute Gasteiger partial charge is 0.407 e. The molecule has 0 saturated carbocycles. The van der Waals surface area contributed by atoms with E-state index in [9.17, 15) is 14.4 Å². The molecule has 0 heterocycles. The molecule has 0 spiro atoms. The highest BCUT2D eigenvalue weighted by Crippen LogP contribution is 2.44. The number of benzene rings is 2. The van der Waals surface area contributed by atoms with Crippen molar-refractivity contribution in [2.75, 3.05) is 13.2 Å². The van der Waals surface area contributed by atoms with Crippen LogP contribution in [0.5, 0.6) is 0 Å². The molecule has 1 aliphatic rings. The van der Waals surface area contributed by atoms with Crippen molar-refractivity contribution in [3.63, 3.8) is 0 Å². The van der Waals surface area contributed by atoms with E-state index in [1.807, 2.05) is 55.5 Å². The second kappa shape index (κ2) is 11.3. The largest absolute Gasteiger partial charge is 0.481 e. The van der Waals surface area contributed by atoms with Gasteiger partial charge in [0.05, 0.1) is 0 Å². The SMILES string of the molecule is C=C(C)CCCNC(=O)C(CCC(=O)O)NC(=O)OCC1c2ccccc2-c2ccccc21. The maximum atomic E-state index is 12.5. The van der Waals surface area contributed by atoms with Gasteiger partial charge in [-0.15, -0.1) is 6.58 Å². The van der Waals surface area contributed by atoms with E-state index in [4.69, 9.17) is 9.84 Å². The van der Waals surface area contributed by atoms with Gasteiger partial charge < -0.3 is 20.5 Å². The zero-order valence-electron chi connectivity index (χ0n) is 18.8. The van der Waals surface area contributed by atoms with E-state index >= 15 is 0 Å². The molecular formula is C26H30N2O5. The van der Waals surface area contributed by atoms with E-state index in [0.717, 1.165) is 40.7 Å². The summed E-state index contributed by atoms with van der Waals surface area (Å²) in [6.45, 7) is 6.27. The van der Waals surface area contributed by atoms with Crippen molar-refractivity contribution in [2.45, 2.75) is 44.6 Å². The van der Waals surface area contributed by atoms with Crippen LogP contribution in [0.4, 0.5) is 4.79 Å². The molecule has 0 aliphatic heterocycles. The lowest BCUT2D eigenvalue weighted by Gasteiger charge is -2.19. The van der Waals surface area contributed by atoms with Crippen LogP contribution in [0.2, 0.25) is 0 Å². The molecule has 7 heteroatoms. The number of hydrogen-bond acceptors (Lipinski definition) is 4. The Morgan fingerprint density at radius 1 is 1.03 bits per heavy atom. The van der Waals surface area contributed by atoms with Crippen molar-refractivity contribution < 1.29 is 24.2 Å². The molecular weight excluding hydrogens is 420 g/mol. The number of carbonyl (C=O) groups excluding carboxylic acids is 2. The summed E-state index contributed by atoms with van der Waals surface area (Å²) in [5, 5.41) is 14.3. The zero-order chi connectivity index (χ0) is 23.8. The van der Waals surface area contributed by atoms with E-state index in [2.05, 4.69) is 17.2 Å². The minimum Gasteiger partial charge on any atom is -0.481 e. The Morgan fingerprint density at radius 3 is 2.21 bits per heavy atom. The van der Waals surface area contributed by atoms with Crippen molar-refractivity contribution in [3.8, 4) is 11.1 Å². The number of alkyl carbamates (subject to hydrolysis) is 1. The van der Waals surface area contributed by atoms with Crippen molar-refractivity contribution in [2.24, 2.45) is 0 Å². The van der Waals surface area contributed by atoms with Gasteiger partial charge in [0.25, 0.3) is 0 Å². The molecule has 2 aromatic rings. The summed E-state index contributed by atoms with van der Waals surface area (Å²) in [4.78, 5) is 36.1. The predicted molar refractivity (Wildman–Crippen MR) is 126 cm³/mol. The number of rotatable bonds is 11. The molecule has 3 N–H and O–H groups in total. The number of hydrogen-bond donors (Lipinski definition) is 3. The first-order chi connectivity index (χ1) is 15.9. The van der Waals surface area contributed by atoms with Gasteiger partial charge in [0.15, 0.2) is 0 Å². The first-order valence-electron chi connectivity index (χ1n) is 11.1. The van der Waals surface area contributed by atoms with Gasteiger partial charge in [0, 0.05) is 18.9 Å². The highest BCUT2D eigenvalue weighted by atomic mass is 16.5. The van der Waals surface area contributed by atoms with Gasteiger partial charge in [-0.1, -0.05) is 54.1 Å². The molecule has 7 nitrogen and oxygen atoms in total. The van der Waals surface area contributed by atoms with Gasteiger partial charge in [0.1, 0.15) is 12.6 Å². The van der Waals surface area contributed by atoms with Crippen LogP contribution in [0.3, 0.4) is 0 Å². The first-order valence-corrected chi connectivity index (χ1v) is 11.1. The lowest BCUT2D eigenvalue weighted by Crippen LogP contribution is -2.47. The minimum atomic E-state index is -1.04. The molecule has 174 valence electrons. The molecule has 1 aliphatic carbocycles. The van der Waals surface area contributed by atoms with Gasteiger partial charge in [-0.3, -0.25) is 9.59 Å². The fourth-order valence-electron chi connectivity index (χ4n) is 4.04. The summed E-state index contributed by atoms with van der Waals surface area (Å²) >= 11 is 0. The number of aliphatic carboxylic acids is 1. The Balaban J connectivity index is 1.60. The number of amides is 2. The third-order valence-corrected chi connectivity index (χ3v) is 5.68. The molecule has 33 heavy (non-hydrogen) atoms. The van der Waals surface area contributed by atoms with Crippen LogP contribution >= 0.6 is 0 Å². The maximum Gasteiger partial charge on any atom is 0.407 e. The van der Waals surface area contributed by atoms with Crippen LogP contribution in [0.15, 0.2) is 60.7 Å². The van der Waals surface area contributed by atoms with Crippen molar-refractivity contribution in [1.82, 2.24) is 10.6 Å². The van der Waals surface area contributed by atoms with Crippen molar-refractivity contribution in [3.05, 3.63) is 71.8 Å². The molecule has 1 atom stereocenters. The molecule has 2 aromatic carbocycles. The number of carboxylic acids is 1. The topological polar surface area (TPSA) is 105 Å². The van der Waals surface area contributed by atoms with E-state index in [0.29, 0.717) is 6.54 Å². The average Bonchev–Trinajstić information content (AvgIpc) is 3.11. The van der Waals surface area contributed by atoms with Crippen LogP contribution in [0.25, 0.3) is 11.1 Å². The van der Waals surface area contributed by atoms with Crippen molar-refractivity contribution >= 4 is 18.0 Å². The first kappa shape index (κ1) is 24.0. The predicted octanol–water partition coefficient (Wildman–Crippen LogP) is 4.23. The van der Waals surface area contributed by atoms with Gasteiger partial charge in [-0.05, 0) is 48.4 Å². The monoisotopic (exact) mass is 450 g/mol. The van der Waals surface area contributed by atoms with Crippen LogP contribution in [-0.2, 0) is 14.3 Å². The molecule has 1 unspecified atom stereocenters. The van der Waals surface area contributed by atoms with Crippen LogP contribution in [-0.4, -0.2) is 42.3 Å². The second-order valence-corrected chi connectivity index (χ2v) is 8.31. The van der Waals surface area contributed by atoms with Gasteiger partial charge >= 0.3 is 12.1 Å². The number of carbonyl (C=O) groups is 3. The summed E-state index contributed by atoms with van der Waals surface area (Å²) in [6, 6.07) is 15.0. The number of allylic oxidation sites excluding steroid dienone is 1.